The Morgan fingerprint density at radius 3 is 2.86 bits per heavy atom. The molecule has 14 heavy (non-hydrogen) atoms. The van der Waals surface area contributed by atoms with Gasteiger partial charge in [0.2, 0.25) is 0 Å². The first-order chi connectivity index (χ1) is 6.63. The Kier molecular flexibility index (Phi) is 3.39. The summed E-state index contributed by atoms with van der Waals surface area (Å²) in [6, 6.07) is 2.97. The molecule has 0 saturated carbocycles. The topological polar surface area (TPSA) is 38.3 Å². The van der Waals surface area contributed by atoms with Crippen molar-refractivity contribution in [2.24, 2.45) is 0 Å². The zero-order chi connectivity index (χ0) is 10.6. The molecule has 0 radical (unpaired) electrons. The zero-order valence-electron chi connectivity index (χ0n) is 7.51. The van der Waals surface area contributed by atoms with Crippen LogP contribution in [0, 0.1) is 11.6 Å². The lowest BCUT2D eigenvalue weighted by Crippen LogP contribution is -2.19. The molecule has 1 amide bonds. The van der Waals surface area contributed by atoms with Crippen molar-refractivity contribution in [1.29, 1.82) is 0 Å². The average molecular weight is 201 g/mol. The van der Waals surface area contributed by atoms with Crippen LogP contribution in [-0.2, 0) is 11.3 Å². The Morgan fingerprint density at radius 1 is 1.50 bits per heavy atom. The summed E-state index contributed by atoms with van der Waals surface area (Å²) in [7, 11) is 1.38. The quantitative estimate of drug-likeness (QED) is 0.792. The summed E-state index contributed by atoms with van der Waals surface area (Å²) in [4.78, 5) is 10.6. The van der Waals surface area contributed by atoms with Gasteiger partial charge in [0, 0.05) is 12.6 Å². The molecule has 76 valence electrons. The van der Waals surface area contributed by atoms with Crippen molar-refractivity contribution in [1.82, 2.24) is 5.32 Å². The highest BCUT2D eigenvalue weighted by Gasteiger charge is 2.06. The largest absolute Gasteiger partial charge is 0.445 e. The average Bonchev–Trinajstić information content (AvgIpc) is 2.19. The fraction of sp³-hybridized carbons (Fsp3) is 0.222. The Hall–Kier alpha value is -1.65. The van der Waals surface area contributed by atoms with Crippen LogP contribution in [-0.4, -0.2) is 13.1 Å². The van der Waals surface area contributed by atoms with Gasteiger partial charge in [-0.2, -0.15) is 0 Å². The number of hydrogen-bond acceptors (Lipinski definition) is 2. The number of amides is 1. The summed E-state index contributed by atoms with van der Waals surface area (Å²) in [5, 5.41) is 2.19. The van der Waals surface area contributed by atoms with E-state index in [1.165, 1.54) is 7.05 Å². The number of benzene rings is 1. The van der Waals surface area contributed by atoms with Crippen LogP contribution < -0.4 is 5.32 Å². The molecule has 1 aromatic rings. The Balaban J connectivity index is 2.66. The van der Waals surface area contributed by atoms with Gasteiger partial charge in [0.15, 0.2) is 0 Å². The second-order valence-electron chi connectivity index (χ2n) is 2.56. The zero-order valence-corrected chi connectivity index (χ0v) is 7.51. The third-order valence-electron chi connectivity index (χ3n) is 1.57. The SMILES string of the molecule is CNC(=O)OCc1cc(F)ccc1F. The molecule has 1 aromatic carbocycles. The summed E-state index contributed by atoms with van der Waals surface area (Å²) >= 11 is 0. The number of carbonyl (C=O) groups is 1. The van der Waals surface area contributed by atoms with Crippen molar-refractivity contribution in [2.75, 3.05) is 7.05 Å². The molecule has 0 aromatic heterocycles. The standard InChI is InChI=1S/C9H9F2NO2/c1-12-9(13)14-5-6-4-7(10)2-3-8(6)11/h2-4H,5H2,1H3,(H,12,13). The number of nitrogens with one attached hydrogen (secondary N) is 1. The summed E-state index contributed by atoms with van der Waals surface area (Å²) in [5.74, 6) is -1.17. The normalized spacial score (nSPS) is 9.64. The van der Waals surface area contributed by atoms with Gasteiger partial charge >= 0.3 is 6.09 Å². The molecule has 0 saturated heterocycles. The first-order valence-electron chi connectivity index (χ1n) is 3.92. The van der Waals surface area contributed by atoms with Gasteiger partial charge in [0.1, 0.15) is 18.2 Å². The maximum Gasteiger partial charge on any atom is 0.407 e. The van der Waals surface area contributed by atoms with E-state index in [1.54, 1.807) is 0 Å². The number of rotatable bonds is 2. The van der Waals surface area contributed by atoms with E-state index >= 15 is 0 Å². The van der Waals surface area contributed by atoms with E-state index in [2.05, 4.69) is 10.1 Å². The lowest BCUT2D eigenvalue weighted by Gasteiger charge is -2.04. The van der Waals surface area contributed by atoms with Crippen LogP contribution in [0.1, 0.15) is 5.56 Å². The summed E-state index contributed by atoms with van der Waals surface area (Å²) in [5.41, 5.74) is 0.00796. The van der Waals surface area contributed by atoms with Gasteiger partial charge in [-0.15, -0.1) is 0 Å². The molecule has 1 rings (SSSR count). The van der Waals surface area contributed by atoms with Gasteiger partial charge in [-0.1, -0.05) is 0 Å². The molecule has 1 N–H and O–H groups in total. The molecule has 0 heterocycles. The Morgan fingerprint density at radius 2 is 2.21 bits per heavy atom. The van der Waals surface area contributed by atoms with Crippen LogP contribution in [0.15, 0.2) is 18.2 Å². The highest BCUT2D eigenvalue weighted by Crippen LogP contribution is 2.10. The lowest BCUT2D eigenvalue weighted by molar-refractivity contribution is 0.140. The van der Waals surface area contributed by atoms with Gasteiger partial charge < -0.3 is 10.1 Å². The van der Waals surface area contributed by atoms with Gasteiger partial charge in [0.05, 0.1) is 0 Å². The molecule has 0 aliphatic rings. The third kappa shape index (κ3) is 2.69. The minimum absolute atomic E-state index is 0.00796. The van der Waals surface area contributed by atoms with Gasteiger partial charge in [-0.05, 0) is 18.2 Å². The van der Waals surface area contributed by atoms with Crippen molar-refractivity contribution >= 4 is 6.09 Å². The third-order valence-corrected chi connectivity index (χ3v) is 1.57. The van der Waals surface area contributed by atoms with Crippen molar-refractivity contribution in [3.63, 3.8) is 0 Å². The Labute approximate surface area is 79.7 Å². The molecule has 5 heteroatoms. The van der Waals surface area contributed by atoms with Crippen LogP contribution in [0.4, 0.5) is 13.6 Å². The van der Waals surface area contributed by atoms with Crippen molar-refractivity contribution in [3.8, 4) is 0 Å². The molecule has 0 spiro atoms. The van der Waals surface area contributed by atoms with E-state index in [-0.39, 0.29) is 12.2 Å². The summed E-state index contributed by atoms with van der Waals surface area (Å²) < 4.78 is 30.1. The molecule has 0 atom stereocenters. The highest BCUT2D eigenvalue weighted by atomic mass is 19.1. The smallest absolute Gasteiger partial charge is 0.407 e. The second kappa shape index (κ2) is 4.55. The van der Waals surface area contributed by atoms with Gasteiger partial charge in [0.25, 0.3) is 0 Å². The first kappa shape index (κ1) is 10.4. The van der Waals surface area contributed by atoms with E-state index < -0.39 is 17.7 Å². The van der Waals surface area contributed by atoms with E-state index in [9.17, 15) is 13.6 Å². The van der Waals surface area contributed by atoms with Crippen molar-refractivity contribution < 1.29 is 18.3 Å². The van der Waals surface area contributed by atoms with Crippen LogP contribution in [0.3, 0.4) is 0 Å². The van der Waals surface area contributed by atoms with Gasteiger partial charge in [-0.25, -0.2) is 13.6 Å². The molecular weight excluding hydrogens is 192 g/mol. The maximum atomic E-state index is 12.9. The number of carbonyl (C=O) groups excluding carboxylic acids is 1. The summed E-state index contributed by atoms with van der Waals surface area (Å²) in [6.07, 6.45) is -0.686. The van der Waals surface area contributed by atoms with Crippen LogP contribution in [0.5, 0.6) is 0 Å². The summed E-state index contributed by atoms with van der Waals surface area (Å²) in [6.45, 7) is -0.288. The van der Waals surface area contributed by atoms with E-state index in [4.69, 9.17) is 0 Å². The molecule has 0 bridgehead atoms. The number of alkyl carbamates (subject to hydrolysis) is 1. The number of halogens is 2. The van der Waals surface area contributed by atoms with Crippen LogP contribution >= 0.6 is 0 Å². The minimum atomic E-state index is -0.686. The minimum Gasteiger partial charge on any atom is -0.445 e. The second-order valence-corrected chi connectivity index (χ2v) is 2.56. The maximum absolute atomic E-state index is 12.9. The first-order valence-corrected chi connectivity index (χ1v) is 3.92. The predicted molar refractivity (Wildman–Crippen MR) is 45.6 cm³/mol. The number of hydrogen-bond donors (Lipinski definition) is 1. The van der Waals surface area contributed by atoms with E-state index in [1.807, 2.05) is 0 Å². The molecule has 0 aliphatic heterocycles. The molecule has 0 unspecified atom stereocenters. The number of ether oxygens (including phenoxy) is 1. The fourth-order valence-corrected chi connectivity index (χ4v) is 0.869. The monoisotopic (exact) mass is 201 g/mol. The van der Waals surface area contributed by atoms with Crippen molar-refractivity contribution in [2.45, 2.75) is 6.61 Å². The molecule has 0 aliphatic carbocycles. The fourth-order valence-electron chi connectivity index (χ4n) is 0.869. The predicted octanol–water partition coefficient (Wildman–Crippen LogP) is 1.82. The molecule has 0 fully saturated rings. The van der Waals surface area contributed by atoms with Gasteiger partial charge in [-0.3, -0.25) is 0 Å². The van der Waals surface area contributed by atoms with Crippen LogP contribution in [0.2, 0.25) is 0 Å². The van der Waals surface area contributed by atoms with E-state index in [0.717, 1.165) is 18.2 Å². The molecular formula is C9H9F2NO2. The molecule has 3 nitrogen and oxygen atoms in total. The van der Waals surface area contributed by atoms with E-state index in [0.29, 0.717) is 0 Å². The van der Waals surface area contributed by atoms with Crippen molar-refractivity contribution in [3.05, 3.63) is 35.4 Å². The Bertz CT molecular complexity index is 342. The highest BCUT2D eigenvalue weighted by molar-refractivity contribution is 5.66. The lowest BCUT2D eigenvalue weighted by atomic mass is 10.2. The van der Waals surface area contributed by atoms with Crippen LogP contribution in [0.25, 0.3) is 0 Å².